The van der Waals surface area contributed by atoms with Crippen molar-refractivity contribution in [3.05, 3.63) is 34.6 Å². The summed E-state index contributed by atoms with van der Waals surface area (Å²) in [7, 11) is 0. The molecule has 5 heteroatoms. The molecule has 0 aliphatic heterocycles. The van der Waals surface area contributed by atoms with E-state index in [2.05, 4.69) is 0 Å². The van der Waals surface area contributed by atoms with Crippen molar-refractivity contribution in [2.75, 3.05) is 0 Å². The Morgan fingerprint density at radius 3 is 2.62 bits per heavy atom. The third-order valence-electron chi connectivity index (χ3n) is 2.32. The zero-order chi connectivity index (χ0) is 11.4. The number of aliphatic hydroxyl groups excluding tert-OH is 1. The third-order valence-corrected chi connectivity index (χ3v) is 2.65. The van der Waals surface area contributed by atoms with Crippen molar-refractivity contribution in [1.29, 1.82) is 0 Å². The molecule has 0 heterocycles. The largest absolute Gasteiger partial charge is 0.391 e. The first kappa shape index (κ1) is 15.7. The van der Waals surface area contributed by atoms with E-state index in [0.717, 1.165) is 6.42 Å². The van der Waals surface area contributed by atoms with Crippen molar-refractivity contribution < 1.29 is 9.50 Å². The highest BCUT2D eigenvalue weighted by Gasteiger charge is 2.18. The number of nitrogens with two attached hydrogens (primary N) is 1. The molecule has 92 valence electrons. The lowest BCUT2D eigenvalue weighted by atomic mass is 9.99. The number of rotatable bonds is 4. The summed E-state index contributed by atoms with van der Waals surface area (Å²) in [4.78, 5) is 0. The normalized spacial score (nSPS) is 14.1. The van der Waals surface area contributed by atoms with Crippen LogP contribution in [0.3, 0.4) is 0 Å². The highest BCUT2D eigenvalue weighted by atomic mass is 35.5. The maximum atomic E-state index is 12.8. The Morgan fingerprint density at radius 1 is 1.50 bits per heavy atom. The molecule has 0 fully saturated rings. The van der Waals surface area contributed by atoms with Gasteiger partial charge in [-0.05, 0) is 24.1 Å². The Bertz CT molecular complexity index is 336. The van der Waals surface area contributed by atoms with Crippen molar-refractivity contribution >= 4 is 24.0 Å². The van der Waals surface area contributed by atoms with E-state index in [9.17, 15) is 9.50 Å². The van der Waals surface area contributed by atoms with Gasteiger partial charge in [-0.2, -0.15) is 0 Å². The summed E-state index contributed by atoms with van der Waals surface area (Å²) in [6, 6.07) is 3.45. The van der Waals surface area contributed by atoms with Crippen molar-refractivity contribution in [2.24, 2.45) is 5.73 Å². The first-order chi connectivity index (χ1) is 7.06. The molecule has 2 atom stereocenters. The summed E-state index contributed by atoms with van der Waals surface area (Å²) in [5, 5.41) is 9.95. The van der Waals surface area contributed by atoms with E-state index < -0.39 is 18.0 Å². The molecule has 0 bridgehead atoms. The minimum Gasteiger partial charge on any atom is -0.391 e. The van der Waals surface area contributed by atoms with Crippen LogP contribution in [-0.4, -0.2) is 11.2 Å². The van der Waals surface area contributed by atoms with Crippen LogP contribution < -0.4 is 5.73 Å². The van der Waals surface area contributed by atoms with Gasteiger partial charge in [-0.3, -0.25) is 0 Å². The second-order valence-electron chi connectivity index (χ2n) is 3.55. The van der Waals surface area contributed by atoms with Gasteiger partial charge in [0.15, 0.2) is 0 Å². The van der Waals surface area contributed by atoms with Crippen molar-refractivity contribution in [3.8, 4) is 0 Å². The topological polar surface area (TPSA) is 46.2 Å². The van der Waals surface area contributed by atoms with Crippen LogP contribution in [0.2, 0.25) is 5.02 Å². The number of benzene rings is 1. The van der Waals surface area contributed by atoms with E-state index in [4.69, 9.17) is 17.3 Å². The van der Waals surface area contributed by atoms with Gasteiger partial charge in [0, 0.05) is 5.02 Å². The average Bonchev–Trinajstić information content (AvgIpc) is 2.17. The Morgan fingerprint density at radius 2 is 2.12 bits per heavy atom. The van der Waals surface area contributed by atoms with E-state index in [1.807, 2.05) is 6.92 Å². The molecule has 0 unspecified atom stereocenters. The van der Waals surface area contributed by atoms with Gasteiger partial charge < -0.3 is 10.8 Å². The van der Waals surface area contributed by atoms with Crippen LogP contribution in [0.15, 0.2) is 18.2 Å². The third kappa shape index (κ3) is 3.91. The monoisotopic (exact) mass is 267 g/mol. The SMILES string of the molecule is CCC[C@@H](O)[C@@H](N)c1ccc(F)cc1Cl.Cl. The number of hydrogen-bond acceptors (Lipinski definition) is 2. The van der Waals surface area contributed by atoms with Gasteiger partial charge in [0.2, 0.25) is 0 Å². The van der Waals surface area contributed by atoms with Crippen LogP contribution in [0.4, 0.5) is 4.39 Å². The molecule has 16 heavy (non-hydrogen) atoms. The fourth-order valence-corrected chi connectivity index (χ4v) is 1.75. The molecular weight excluding hydrogens is 252 g/mol. The first-order valence-corrected chi connectivity index (χ1v) is 5.32. The summed E-state index contributed by atoms with van der Waals surface area (Å²) >= 11 is 5.84. The van der Waals surface area contributed by atoms with Crippen molar-refractivity contribution in [3.63, 3.8) is 0 Å². The molecule has 0 aromatic heterocycles. The first-order valence-electron chi connectivity index (χ1n) is 4.94. The van der Waals surface area contributed by atoms with Crippen molar-refractivity contribution in [1.82, 2.24) is 0 Å². The molecule has 2 nitrogen and oxygen atoms in total. The molecule has 0 spiro atoms. The minimum absolute atomic E-state index is 0. The molecule has 0 radical (unpaired) electrons. The molecule has 1 aromatic carbocycles. The van der Waals surface area contributed by atoms with Crippen LogP contribution in [0, 0.1) is 5.82 Å². The van der Waals surface area contributed by atoms with Crippen LogP contribution in [-0.2, 0) is 0 Å². The average molecular weight is 268 g/mol. The predicted molar refractivity (Wildman–Crippen MR) is 66.5 cm³/mol. The van der Waals surface area contributed by atoms with Gasteiger partial charge in [0.1, 0.15) is 5.82 Å². The number of hydrogen-bond donors (Lipinski definition) is 2. The number of halogens is 3. The molecule has 0 aliphatic rings. The van der Waals surface area contributed by atoms with E-state index in [1.165, 1.54) is 18.2 Å². The second-order valence-corrected chi connectivity index (χ2v) is 3.95. The summed E-state index contributed by atoms with van der Waals surface area (Å²) in [5.41, 5.74) is 6.40. The predicted octanol–water partition coefficient (Wildman–Crippen LogP) is 3.06. The van der Waals surface area contributed by atoms with Gasteiger partial charge in [-0.1, -0.05) is 31.0 Å². The molecule has 3 N–H and O–H groups in total. The minimum atomic E-state index is -0.641. The van der Waals surface area contributed by atoms with Gasteiger partial charge in [-0.15, -0.1) is 12.4 Å². The summed E-state index contributed by atoms with van der Waals surface area (Å²) in [6.45, 7) is 1.96. The van der Waals surface area contributed by atoms with Gasteiger partial charge in [0.05, 0.1) is 12.1 Å². The molecular formula is C11H16Cl2FNO. The Balaban J connectivity index is 0.00000225. The molecule has 0 amide bonds. The highest BCUT2D eigenvalue weighted by Crippen LogP contribution is 2.25. The number of aliphatic hydroxyl groups is 1. The standard InChI is InChI=1S/C11H15ClFNO.ClH/c1-2-3-10(15)11(14)8-5-4-7(13)6-9(8)12;/h4-6,10-11,15H,2-3,14H2,1H3;1H/t10-,11+;/m1./s1. The van der Waals surface area contributed by atoms with Crippen molar-refractivity contribution in [2.45, 2.75) is 31.9 Å². The summed E-state index contributed by atoms with van der Waals surface area (Å²) in [5.74, 6) is -0.402. The van der Waals surface area contributed by atoms with Gasteiger partial charge in [0.25, 0.3) is 0 Å². The lowest BCUT2D eigenvalue weighted by Gasteiger charge is -2.19. The smallest absolute Gasteiger partial charge is 0.124 e. The molecule has 0 saturated carbocycles. The van der Waals surface area contributed by atoms with E-state index in [-0.39, 0.29) is 17.4 Å². The maximum Gasteiger partial charge on any atom is 0.124 e. The second kappa shape index (κ2) is 7.07. The summed E-state index contributed by atoms with van der Waals surface area (Å²) in [6.07, 6.45) is 0.806. The Kier molecular flexibility index (Phi) is 6.91. The zero-order valence-corrected chi connectivity index (χ0v) is 10.6. The molecule has 0 aliphatic carbocycles. The molecule has 1 aromatic rings. The van der Waals surface area contributed by atoms with Crippen LogP contribution >= 0.6 is 24.0 Å². The highest BCUT2D eigenvalue weighted by molar-refractivity contribution is 6.31. The van der Waals surface area contributed by atoms with E-state index >= 15 is 0 Å². The summed E-state index contributed by atoms with van der Waals surface area (Å²) < 4.78 is 12.8. The lowest BCUT2D eigenvalue weighted by molar-refractivity contribution is 0.134. The zero-order valence-electron chi connectivity index (χ0n) is 8.99. The molecule has 1 rings (SSSR count). The quantitative estimate of drug-likeness (QED) is 0.881. The van der Waals surface area contributed by atoms with Crippen LogP contribution in [0.1, 0.15) is 31.4 Å². The maximum absolute atomic E-state index is 12.8. The fraction of sp³-hybridized carbons (Fsp3) is 0.455. The van der Waals surface area contributed by atoms with E-state index in [0.29, 0.717) is 12.0 Å². The van der Waals surface area contributed by atoms with Gasteiger partial charge >= 0.3 is 0 Å². The lowest BCUT2D eigenvalue weighted by Crippen LogP contribution is -2.26. The fourth-order valence-electron chi connectivity index (χ4n) is 1.45. The van der Waals surface area contributed by atoms with Crippen LogP contribution in [0.25, 0.3) is 0 Å². The van der Waals surface area contributed by atoms with Crippen LogP contribution in [0.5, 0.6) is 0 Å². The molecule has 0 saturated heterocycles. The van der Waals surface area contributed by atoms with Gasteiger partial charge in [-0.25, -0.2) is 4.39 Å². The Hall–Kier alpha value is -0.350. The Labute approximate surface area is 106 Å². The van der Waals surface area contributed by atoms with E-state index in [1.54, 1.807) is 0 Å².